The van der Waals surface area contributed by atoms with Gasteiger partial charge in [0.1, 0.15) is 16.9 Å². The largest absolute Gasteiger partial charge is 0.493 e. The van der Waals surface area contributed by atoms with Gasteiger partial charge in [0.2, 0.25) is 5.75 Å². The highest BCUT2D eigenvalue weighted by atomic mass is 16.6. The molecule has 278 valence electrons. The molecular formula is C38H44N2O12. The zero-order valence-corrected chi connectivity index (χ0v) is 31.2. The number of hydrogen-bond donors (Lipinski definition) is 1. The van der Waals surface area contributed by atoms with E-state index in [9.17, 15) is 19.2 Å². The van der Waals surface area contributed by atoms with E-state index in [0.717, 1.165) is 0 Å². The average molecular weight is 721 g/mol. The zero-order valence-electron chi connectivity index (χ0n) is 31.2. The molecule has 1 heterocycles. The summed E-state index contributed by atoms with van der Waals surface area (Å²) in [6.07, 6.45) is -0.670. The molecule has 14 heteroatoms. The number of anilines is 1. The molecule has 0 saturated heterocycles. The number of methoxy groups -OCH3 is 5. The fourth-order valence-electron chi connectivity index (χ4n) is 5.35. The third-order valence-corrected chi connectivity index (χ3v) is 7.34. The second-order valence-electron chi connectivity index (χ2n) is 13.4. The summed E-state index contributed by atoms with van der Waals surface area (Å²) in [4.78, 5) is 53.4. The van der Waals surface area contributed by atoms with Crippen LogP contribution in [0.2, 0.25) is 0 Å². The number of pyridine rings is 1. The predicted molar refractivity (Wildman–Crippen MR) is 194 cm³/mol. The molecular weight excluding hydrogens is 676 g/mol. The number of aromatic nitrogens is 1. The summed E-state index contributed by atoms with van der Waals surface area (Å²) >= 11 is 0. The first-order chi connectivity index (χ1) is 24.4. The number of carbonyl (C=O) groups excluding carboxylic acids is 3. The van der Waals surface area contributed by atoms with Crippen molar-refractivity contribution < 1.29 is 52.3 Å². The number of benzene rings is 3. The van der Waals surface area contributed by atoms with Crippen LogP contribution in [-0.4, -0.2) is 76.0 Å². The number of esters is 2. The third-order valence-electron chi connectivity index (χ3n) is 7.34. The highest BCUT2D eigenvalue weighted by Gasteiger charge is 2.29. The molecule has 1 N–H and O–H groups in total. The fourth-order valence-corrected chi connectivity index (χ4v) is 5.35. The van der Waals surface area contributed by atoms with Crippen molar-refractivity contribution in [1.29, 1.82) is 0 Å². The molecule has 0 unspecified atom stereocenters. The molecule has 0 aliphatic carbocycles. The van der Waals surface area contributed by atoms with Gasteiger partial charge in [-0.25, -0.2) is 14.4 Å². The maximum Gasteiger partial charge on any atom is 0.412 e. The minimum atomic E-state index is -0.845. The minimum Gasteiger partial charge on any atom is -0.493 e. The van der Waals surface area contributed by atoms with Crippen molar-refractivity contribution in [1.82, 2.24) is 4.57 Å². The van der Waals surface area contributed by atoms with Crippen molar-refractivity contribution in [3.8, 4) is 45.6 Å². The first-order valence-corrected chi connectivity index (χ1v) is 16.1. The van der Waals surface area contributed by atoms with Crippen molar-refractivity contribution in [2.24, 2.45) is 0 Å². The molecule has 0 spiro atoms. The van der Waals surface area contributed by atoms with Crippen LogP contribution in [0.3, 0.4) is 0 Å². The van der Waals surface area contributed by atoms with E-state index in [1.807, 2.05) is 0 Å². The van der Waals surface area contributed by atoms with Gasteiger partial charge in [-0.1, -0.05) is 0 Å². The lowest BCUT2D eigenvalue weighted by Gasteiger charge is -2.22. The van der Waals surface area contributed by atoms with E-state index < -0.39 is 41.4 Å². The van der Waals surface area contributed by atoms with Crippen molar-refractivity contribution in [2.75, 3.05) is 47.5 Å². The topological polar surface area (TPSA) is 159 Å². The number of fused-ring (bicyclic) bond motifs is 1. The minimum absolute atomic E-state index is 0.0723. The van der Waals surface area contributed by atoms with E-state index >= 15 is 0 Å². The summed E-state index contributed by atoms with van der Waals surface area (Å²) in [6.45, 7) is 9.94. The van der Waals surface area contributed by atoms with Gasteiger partial charge in [0, 0.05) is 22.3 Å². The monoisotopic (exact) mass is 720 g/mol. The van der Waals surface area contributed by atoms with Crippen LogP contribution in [0, 0.1) is 0 Å². The summed E-state index contributed by atoms with van der Waals surface area (Å²) in [5.74, 6) is -0.386. The summed E-state index contributed by atoms with van der Waals surface area (Å²) < 4.78 is 45.4. The first-order valence-electron chi connectivity index (χ1n) is 16.1. The first kappa shape index (κ1) is 38.9. The number of carbonyl (C=O) groups is 3. The maximum absolute atomic E-state index is 14.6. The van der Waals surface area contributed by atoms with Gasteiger partial charge in [-0.15, -0.1) is 0 Å². The van der Waals surface area contributed by atoms with Crippen LogP contribution in [0.1, 0.15) is 52.0 Å². The Balaban J connectivity index is 2.07. The molecule has 0 saturated carbocycles. The van der Waals surface area contributed by atoms with Crippen molar-refractivity contribution in [3.05, 3.63) is 64.6 Å². The second kappa shape index (κ2) is 15.5. The van der Waals surface area contributed by atoms with E-state index in [0.29, 0.717) is 17.0 Å². The molecule has 52 heavy (non-hydrogen) atoms. The smallest absolute Gasteiger partial charge is 0.412 e. The number of amides is 1. The number of nitrogens with one attached hydrogen (secondary N) is 1. The van der Waals surface area contributed by atoms with Crippen LogP contribution in [0.25, 0.3) is 27.6 Å². The molecule has 1 amide bonds. The zero-order chi connectivity index (χ0) is 38.5. The van der Waals surface area contributed by atoms with Crippen molar-refractivity contribution in [3.63, 3.8) is 0 Å². The maximum atomic E-state index is 14.6. The van der Waals surface area contributed by atoms with E-state index in [2.05, 4.69) is 5.32 Å². The summed E-state index contributed by atoms with van der Waals surface area (Å²) in [6, 6.07) is 12.4. The number of ether oxygens (including phenoxy) is 8. The summed E-state index contributed by atoms with van der Waals surface area (Å²) in [7, 11) is 6.95. The molecule has 0 aliphatic rings. The molecule has 3 aromatic carbocycles. The number of nitrogens with zero attached hydrogens (tertiary/aromatic N) is 1. The van der Waals surface area contributed by atoms with Gasteiger partial charge in [-0.2, -0.15) is 0 Å². The Bertz CT molecular complexity index is 2010. The van der Waals surface area contributed by atoms with Gasteiger partial charge in [-0.05, 0) is 95.6 Å². The fraction of sp³-hybridized carbons (Fsp3) is 0.368. The second-order valence-corrected chi connectivity index (χ2v) is 13.4. The normalized spacial score (nSPS) is 11.4. The molecule has 4 rings (SSSR count). The lowest BCUT2D eigenvalue weighted by atomic mass is 9.95. The predicted octanol–water partition coefficient (Wildman–Crippen LogP) is 6.55. The lowest BCUT2D eigenvalue weighted by molar-refractivity contribution is -0.157. The molecule has 0 fully saturated rings. The Morgan fingerprint density at radius 2 is 1.25 bits per heavy atom. The highest BCUT2D eigenvalue weighted by Crippen LogP contribution is 2.45. The Morgan fingerprint density at radius 1 is 0.692 bits per heavy atom. The average Bonchev–Trinajstić information content (AvgIpc) is 3.08. The standard InChI is InChI=1S/C38H44N2O12/c1-37(2,3)51-30(41)20-50-27-19-25-24(18-26(27)45-7)31(21-16-28(46-8)33(48-10)29(17-21)47-9)32(35(43)49-11)40(34(25)42)23-14-12-22(13-15-23)39-36(44)52-38(4,5)6/h12-19H,20H2,1-11H3,(H,39,44). The third kappa shape index (κ3) is 8.68. The Kier molecular flexibility index (Phi) is 11.6. The van der Waals surface area contributed by atoms with Crippen molar-refractivity contribution in [2.45, 2.75) is 52.7 Å². The van der Waals surface area contributed by atoms with Crippen LogP contribution >= 0.6 is 0 Å². The van der Waals surface area contributed by atoms with Crippen LogP contribution in [0.5, 0.6) is 28.7 Å². The van der Waals surface area contributed by atoms with Gasteiger partial charge in [0.15, 0.2) is 29.6 Å². The molecule has 4 aromatic rings. The Hall–Kier alpha value is -5.92. The van der Waals surface area contributed by atoms with E-state index in [1.54, 1.807) is 77.9 Å². The van der Waals surface area contributed by atoms with Crippen LogP contribution in [0.15, 0.2) is 53.3 Å². The molecule has 0 atom stereocenters. The van der Waals surface area contributed by atoms with Gasteiger partial charge in [0.05, 0.1) is 40.9 Å². The SMILES string of the molecule is COC(=O)c1c(-c2cc(OC)c(OC)c(OC)c2)c2cc(OC)c(OCC(=O)OC(C)(C)C)cc2c(=O)n1-c1ccc(NC(=O)OC(C)(C)C)cc1. The Labute approximate surface area is 301 Å². The van der Waals surface area contributed by atoms with Gasteiger partial charge >= 0.3 is 18.0 Å². The molecule has 0 bridgehead atoms. The highest BCUT2D eigenvalue weighted by molar-refractivity contribution is 6.08. The van der Waals surface area contributed by atoms with Crippen molar-refractivity contribution >= 4 is 34.5 Å². The quantitative estimate of drug-likeness (QED) is 0.132. The molecule has 0 aliphatic heterocycles. The van der Waals surface area contributed by atoms with E-state index in [-0.39, 0.29) is 50.7 Å². The lowest BCUT2D eigenvalue weighted by Crippen LogP contribution is -2.28. The van der Waals surface area contributed by atoms with Crippen LogP contribution in [-0.2, 0) is 19.0 Å². The number of hydrogen-bond acceptors (Lipinski definition) is 12. The number of rotatable bonds is 11. The molecule has 14 nitrogen and oxygen atoms in total. The van der Waals surface area contributed by atoms with Gasteiger partial charge in [0.25, 0.3) is 5.56 Å². The van der Waals surface area contributed by atoms with E-state index in [4.69, 9.17) is 37.9 Å². The summed E-state index contributed by atoms with van der Waals surface area (Å²) in [5, 5.41) is 3.02. The van der Waals surface area contributed by atoms with Crippen LogP contribution in [0.4, 0.5) is 10.5 Å². The van der Waals surface area contributed by atoms with Gasteiger partial charge < -0.3 is 37.9 Å². The molecule has 0 radical (unpaired) electrons. The van der Waals surface area contributed by atoms with Crippen LogP contribution < -0.4 is 34.6 Å². The summed E-state index contributed by atoms with van der Waals surface area (Å²) in [5.41, 5.74) is -0.995. The van der Waals surface area contributed by atoms with Gasteiger partial charge in [-0.3, -0.25) is 14.7 Å². The van der Waals surface area contributed by atoms with E-state index in [1.165, 1.54) is 52.2 Å². The molecule has 1 aromatic heterocycles. The Morgan fingerprint density at radius 3 is 1.75 bits per heavy atom.